The van der Waals surface area contributed by atoms with Gasteiger partial charge in [0, 0.05) is 26.6 Å². The van der Waals surface area contributed by atoms with Crippen molar-refractivity contribution in [3.63, 3.8) is 0 Å². The zero-order valence-corrected chi connectivity index (χ0v) is 15.0. The Labute approximate surface area is 155 Å². The lowest BCUT2D eigenvalue weighted by Crippen LogP contribution is -2.25. The molecule has 0 radical (unpaired) electrons. The molecule has 2 rings (SSSR count). The van der Waals surface area contributed by atoms with Gasteiger partial charge in [0.25, 0.3) is 0 Å². The third kappa shape index (κ3) is 6.73. The number of hydrogen-bond acceptors (Lipinski definition) is 4. The summed E-state index contributed by atoms with van der Waals surface area (Å²) in [5.41, 5.74) is -0.715. The predicted molar refractivity (Wildman–Crippen MR) is 93.2 cm³/mol. The minimum absolute atomic E-state index is 0.292. The monoisotopic (exact) mass is 383 g/mol. The molecule has 0 N–H and O–H groups in total. The number of rotatable bonds is 7. The fourth-order valence-electron chi connectivity index (χ4n) is 2.00. The molecule has 0 aliphatic carbocycles. The number of nitrogens with zero attached hydrogens (tertiary/aromatic N) is 1. The first kappa shape index (κ1) is 20.4. The third-order valence-electron chi connectivity index (χ3n) is 3.38. The fourth-order valence-corrected chi connectivity index (χ4v) is 2.00. The van der Waals surface area contributed by atoms with Gasteiger partial charge < -0.3 is 19.1 Å². The molecule has 0 atom stereocenters. The van der Waals surface area contributed by atoms with Crippen LogP contribution in [0.2, 0.25) is 0 Å². The molecule has 27 heavy (non-hydrogen) atoms. The van der Waals surface area contributed by atoms with E-state index >= 15 is 0 Å². The van der Waals surface area contributed by atoms with E-state index in [1.54, 1.807) is 38.4 Å². The van der Waals surface area contributed by atoms with Crippen LogP contribution in [0.5, 0.6) is 17.2 Å². The van der Waals surface area contributed by atoms with E-state index in [4.69, 9.17) is 14.2 Å². The van der Waals surface area contributed by atoms with Crippen LogP contribution < -0.4 is 14.2 Å². The maximum atomic E-state index is 12.5. The largest absolute Gasteiger partial charge is 0.493 e. The van der Waals surface area contributed by atoms with Crippen LogP contribution in [0, 0.1) is 0 Å². The van der Waals surface area contributed by atoms with Crippen molar-refractivity contribution < 1.29 is 32.2 Å². The van der Waals surface area contributed by atoms with Gasteiger partial charge in [-0.25, -0.2) is 4.79 Å². The van der Waals surface area contributed by atoms with Gasteiger partial charge >= 0.3 is 12.3 Å². The van der Waals surface area contributed by atoms with Crippen LogP contribution in [-0.4, -0.2) is 38.3 Å². The SMILES string of the molecule is CN(C)C(=O)Oc1cccc(OCCCOc2ccc(C(F)(F)F)cc2)c1. The van der Waals surface area contributed by atoms with Crippen molar-refractivity contribution in [2.75, 3.05) is 27.3 Å². The molecule has 0 bridgehead atoms. The number of ether oxygens (including phenoxy) is 3. The molecule has 146 valence electrons. The van der Waals surface area contributed by atoms with Gasteiger partial charge in [0.1, 0.15) is 17.2 Å². The van der Waals surface area contributed by atoms with Crippen LogP contribution in [0.25, 0.3) is 0 Å². The van der Waals surface area contributed by atoms with Crippen LogP contribution in [0.15, 0.2) is 48.5 Å². The summed E-state index contributed by atoms with van der Waals surface area (Å²) in [4.78, 5) is 12.8. The second-order valence-corrected chi connectivity index (χ2v) is 5.81. The molecule has 5 nitrogen and oxygen atoms in total. The molecule has 2 aromatic carbocycles. The molecule has 1 amide bonds. The Morgan fingerprint density at radius 2 is 1.52 bits per heavy atom. The molecule has 0 heterocycles. The molecule has 0 unspecified atom stereocenters. The lowest BCUT2D eigenvalue weighted by atomic mass is 10.2. The highest BCUT2D eigenvalue weighted by Crippen LogP contribution is 2.30. The van der Waals surface area contributed by atoms with Crippen LogP contribution >= 0.6 is 0 Å². The van der Waals surface area contributed by atoms with E-state index in [0.29, 0.717) is 36.9 Å². The maximum Gasteiger partial charge on any atom is 0.416 e. The van der Waals surface area contributed by atoms with Crippen LogP contribution in [0.1, 0.15) is 12.0 Å². The van der Waals surface area contributed by atoms with Gasteiger partial charge in [-0.15, -0.1) is 0 Å². The molecule has 0 spiro atoms. The summed E-state index contributed by atoms with van der Waals surface area (Å²) in [6, 6.07) is 11.2. The normalized spacial score (nSPS) is 11.0. The first-order valence-corrected chi connectivity index (χ1v) is 8.18. The number of amides is 1. The van der Waals surface area contributed by atoms with Gasteiger partial charge in [-0.2, -0.15) is 13.2 Å². The Hall–Kier alpha value is -2.90. The molecular weight excluding hydrogens is 363 g/mol. The number of halogens is 3. The van der Waals surface area contributed by atoms with Gasteiger partial charge in [-0.05, 0) is 36.4 Å². The van der Waals surface area contributed by atoms with Crippen LogP contribution in [0.4, 0.5) is 18.0 Å². The van der Waals surface area contributed by atoms with E-state index in [9.17, 15) is 18.0 Å². The summed E-state index contributed by atoms with van der Waals surface area (Å²) in [5.74, 6) is 1.27. The zero-order valence-electron chi connectivity index (χ0n) is 15.0. The molecule has 0 fully saturated rings. The van der Waals surface area contributed by atoms with Crippen LogP contribution in [0.3, 0.4) is 0 Å². The van der Waals surface area contributed by atoms with Crippen molar-refractivity contribution in [1.82, 2.24) is 4.90 Å². The smallest absolute Gasteiger partial charge is 0.416 e. The second-order valence-electron chi connectivity index (χ2n) is 5.81. The quantitative estimate of drug-likeness (QED) is 0.655. The highest BCUT2D eigenvalue weighted by Gasteiger charge is 2.29. The number of carbonyl (C=O) groups excluding carboxylic acids is 1. The standard InChI is InChI=1S/C19H20F3NO4/c1-23(2)18(24)27-17-6-3-5-16(13-17)26-12-4-11-25-15-9-7-14(8-10-15)19(20,21)22/h3,5-10,13H,4,11-12H2,1-2H3. The fraction of sp³-hybridized carbons (Fsp3) is 0.316. The Balaban J connectivity index is 1.73. The summed E-state index contributed by atoms with van der Waals surface area (Å²) in [5, 5.41) is 0. The van der Waals surface area contributed by atoms with Crippen molar-refractivity contribution in [3.05, 3.63) is 54.1 Å². The molecule has 0 saturated heterocycles. The molecule has 0 aliphatic rings. The first-order chi connectivity index (χ1) is 12.8. The summed E-state index contributed by atoms with van der Waals surface area (Å²) >= 11 is 0. The Morgan fingerprint density at radius 1 is 0.926 bits per heavy atom. The molecule has 2 aromatic rings. The van der Waals surface area contributed by atoms with E-state index in [1.165, 1.54) is 17.0 Å². The van der Waals surface area contributed by atoms with Crippen LogP contribution in [-0.2, 0) is 6.18 Å². The van der Waals surface area contributed by atoms with E-state index in [1.807, 2.05) is 0 Å². The van der Waals surface area contributed by atoms with Gasteiger partial charge in [0.05, 0.1) is 18.8 Å². The number of alkyl halides is 3. The summed E-state index contributed by atoms with van der Waals surface area (Å²) in [6.45, 7) is 0.631. The summed E-state index contributed by atoms with van der Waals surface area (Å²) < 4.78 is 53.5. The molecule has 0 aromatic heterocycles. The van der Waals surface area contributed by atoms with Crippen molar-refractivity contribution >= 4 is 6.09 Å². The van der Waals surface area contributed by atoms with Crippen molar-refractivity contribution in [3.8, 4) is 17.2 Å². The number of benzene rings is 2. The van der Waals surface area contributed by atoms with E-state index < -0.39 is 17.8 Å². The van der Waals surface area contributed by atoms with Gasteiger partial charge in [0.2, 0.25) is 0 Å². The third-order valence-corrected chi connectivity index (χ3v) is 3.38. The summed E-state index contributed by atoms with van der Waals surface area (Å²) in [7, 11) is 3.17. The minimum Gasteiger partial charge on any atom is -0.493 e. The molecule has 8 heteroatoms. The highest BCUT2D eigenvalue weighted by molar-refractivity contribution is 5.70. The number of hydrogen-bond donors (Lipinski definition) is 0. The lowest BCUT2D eigenvalue weighted by Gasteiger charge is -2.12. The number of carbonyl (C=O) groups is 1. The molecule has 0 aliphatic heterocycles. The van der Waals surface area contributed by atoms with E-state index in [2.05, 4.69) is 0 Å². The zero-order chi connectivity index (χ0) is 19.9. The highest BCUT2D eigenvalue weighted by atomic mass is 19.4. The van der Waals surface area contributed by atoms with Gasteiger partial charge in [-0.1, -0.05) is 6.07 Å². The van der Waals surface area contributed by atoms with E-state index in [-0.39, 0.29) is 0 Å². The first-order valence-electron chi connectivity index (χ1n) is 8.18. The molecule has 0 saturated carbocycles. The van der Waals surface area contributed by atoms with Gasteiger partial charge in [-0.3, -0.25) is 0 Å². The molecular formula is C19H20F3NO4. The lowest BCUT2D eigenvalue weighted by molar-refractivity contribution is -0.137. The maximum absolute atomic E-state index is 12.5. The predicted octanol–water partition coefficient (Wildman–Crippen LogP) is 4.61. The second kappa shape index (κ2) is 9.16. The Kier molecular flexibility index (Phi) is 6.92. The van der Waals surface area contributed by atoms with Crippen molar-refractivity contribution in [2.24, 2.45) is 0 Å². The van der Waals surface area contributed by atoms with Crippen molar-refractivity contribution in [1.29, 1.82) is 0 Å². The van der Waals surface area contributed by atoms with Gasteiger partial charge in [0.15, 0.2) is 0 Å². The topological polar surface area (TPSA) is 48.0 Å². The van der Waals surface area contributed by atoms with Crippen molar-refractivity contribution in [2.45, 2.75) is 12.6 Å². The average molecular weight is 383 g/mol. The minimum atomic E-state index is -4.36. The Morgan fingerprint density at radius 3 is 2.11 bits per heavy atom. The van der Waals surface area contributed by atoms with E-state index in [0.717, 1.165) is 12.1 Å². The average Bonchev–Trinajstić information content (AvgIpc) is 2.61. The Bertz CT molecular complexity index is 745. The summed E-state index contributed by atoms with van der Waals surface area (Å²) in [6.07, 6.45) is -4.32.